The van der Waals surface area contributed by atoms with E-state index in [1.54, 1.807) is 12.1 Å². The molecule has 3 aromatic rings. The van der Waals surface area contributed by atoms with Gasteiger partial charge in [0.15, 0.2) is 5.75 Å². The van der Waals surface area contributed by atoms with E-state index >= 15 is 0 Å². The van der Waals surface area contributed by atoms with Crippen molar-refractivity contribution in [2.75, 3.05) is 19.8 Å². The molecule has 0 spiro atoms. The first-order chi connectivity index (χ1) is 16.2. The molecule has 0 aliphatic carbocycles. The Morgan fingerprint density at radius 2 is 1.65 bits per heavy atom. The Bertz CT molecular complexity index is 1120. The summed E-state index contributed by atoms with van der Waals surface area (Å²) in [6, 6.07) is 17.4. The molecule has 1 atom stereocenters. The first kappa shape index (κ1) is 26.2. The minimum absolute atomic E-state index is 0.00775. The van der Waals surface area contributed by atoms with Crippen molar-refractivity contribution in [3.8, 4) is 11.5 Å². The normalized spacial score (nSPS) is 11.7. The number of halogens is 3. The van der Waals surface area contributed by atoms with Crippen molar-refractivity contribution in [3.63, 3.8) is 0 Å². The van der Waals surface area contributed by atoms with Gasteiger partial charge in [0.25, 0.3) is 0 Å². The van der Waals surface area contributed by atoms with Crippen LogP contribution >= 0.6 is 39.1 Å². The van der Waals surface area contributed by atoms with E-state index in [0.29, 0.717) is 47.7 Å². The van der Waals surface area contributed by atoms with E-state index in [-0.39, 0.29) is 5.92 Å². The molecular formula is C26H26BrCl2NO4. The second-order valence-electron chi connectivity index (χ2n) is 7.99. The number of aryl methyl sites for hydroxylation is 2. The molecule has 34 heavy (non-hydrogen) atoms. The molecule has 0 radical (unpaired) electrons. The van der Waals surface area contributed by atoms with Crippen molar-refractivity contribution in [3.05, 3.63) is 91.4 Å². The van der Waals surface area contributed by atoms with Gasteiger partial charge in [-0.25, -0.2) is 4.79 Å². The molecule has 0 fully saturated rings. The van der Waals surface area contributed by atoms with E-state index in [2.05, 4.69) is 21.2 Å². The van der Waals surface area contributed by atoms with Crippen molar-refractivity contribution in [1.29, 1.82) is 0 Å². The third-order valence-corrected chi connectivity index (χ3v) is 6.37. The number of carbonyl (C=O) groups is 1. The summed E-state index contributed by atoms with van der Waals surface area (Å²) in [5.74, 6) is 1.18. The molecule has 1 unspecified atom stereocenters. The van der Waals surface area contributed by atoms with Gasteiger partial charge in [0.05, 0.1) is 10.0 Å². The van der Waals surface area contributed by atoms with Crippen LogP contribution in [0.4, 0.5) is 4.79 Å². The van der Waals surface area contributed by atoms with Gasteiger partial charge in [-0.05, 0) is 78.9 Å². The maximum atomic E-state index is 11.1. The van der Waals surface area contributed by atoms with Gasteiger partial charge in [-0.1, -0.05) is 57.3 Å². The highest BCUT2D eigenvalue weighted by Gasteiger charge is 2.16. The van der Waals surface area contributed by atoms with Gasteiger partial charge in [0, 0.05) is 16.9 Å². The Morgan fingerprint density at radius 1 is 1.00 bits per heavy atom. The predicted molar refractivity (Wildman–Crippen MR) is 140 cm³/mol. The fourth-order valence-electron chi connectivity index (χ4n) is 3.73. The fourth-order valence-corrected chi connectivity index (χ4v) is 4.91. The maximum Gasteiger partial charge on any atom is 0.404 e. The van der Waals surface area contributed by atoms with Crippen molar-refractivity contribution in [2.45, 2.75) is 26.2 Å². The summed E-state index contributed by atoms with van der Waals surface area (Å²) in [7, 11) is 0. The van der Waals surface area contributed by atoms with Crippen LogP contribution in [-0.4, -0.2) is 31.0 Å². The predicted octanol–water partition coefficient (Wildman–Crippen LogP) is 7.42. The molecule has 0 bridgehead atoms. The average molecular weight is 567 g/mol. The Labute approximate surface area is 218 Å². The molecule has 8 heteroatoms. The summed E-state index contributed by atoms with van der Waals surface area (Å²) in [5, 5.41) is 12.6. The van der Waals surface area contributed by atoms with Crippen LogP contribution in [0.5, 0.6) is 11.5 Å². The molecule has 0 saturated carbocycles. The zero-order valence-corrected chi connectivity index (χ0v) is 22.0. The first-order valence-electron chi connectivity index (χ1n) is 10.8. The van der Waals surface area contributed by atoms with E-state index in [0.717, 1.165) is 26.7 Å². The van der Waals surface area contributed by atoms with E-state index in [1.807, 2.05) is 56.3 Å². The molecule has 180 valence electrons. The maximum absolute atomic E-state index is 11.1. The highest BCUT2D eigenvalue weighted by molar-refractivity contribution is 9.10. The van der Waals surface area contributed by atoms with Crippen LogP contribution in [-0.2, 0) is 6.42 Å². The highest BCUT2D eigenvalue weighted by atomic mass is 79.9. The zero-order chi connectivity index (χ0) is 24.7. The summed E-state index contributed by atoms with van der Waals surface area (Å²) in [6.07, 6.45) is -0.338. The standard InChI is InChI=1S/C26H26BrCl2NO4/c1-16-11-23(28)25(24(29)12-16)34-10-9-33-21-6-3-18(4-7-21)14-19(15-30-26(31)32)22-8-5-20(27)13-17(22)2/h3-8,11-13,19,30H,9-10,14-15H2,1-2H3,(H,31,32). The molecule has 5 nitrogen and oxygen atoms in total. The van der Waals surface area contributed by atoms with Crippen LogP contribution in [0.2, 0.25) is 10.0 Å². The zero-order valence-electron chi connectivity index (χ0n) is 18.9. The SMILES string of the molecule is Cc1cc(Cl)c(OCCOc2ccc(CC(CNC(=O)O)c3ccc(Br)cc3C)cc2)c(Cl)c1. The van der Waals surface area contributed by atoms with Crippen LogP contribution in [0.15, 0.2) is 59.1 Å². The Kier molecular flexibility index (Phi) is 9.51. The van der Waals surface area contributed by atoms with Gasteiger partial charge in [-0.2, -0.15) is 0 Å². The van der Waals surface area contributed by atoms with Crippen LogP contribution in [0.25, 0.3) is 0 Å². The monoisotopic (exact) mass is 565 g/mol. The lowest BCUT2D eigenvalue weighted by Crippen LogP contribution is -2.28. The van der Waals surface area contributed by atoms with Gasteiger partial charge in [-0.15, -0.1) is 0 Å². The average Bonchev–Trinajstić information content (AvgIpc) is 2.76. The minimum atomic E-state index is -1.03. The molecule has 1 amide bonds. The topological polar surface area (TPSA) is 67.8 Å². The lowest BCUT2D eigenvalue weighted by atomic mass is 9.89. The summed E-state index contributed by atoms with van der Waals surface area (Å²) in [5.41, 5.74) is 4.28. The summed E-state index contributed by atoms with van der Waals surface area (Å²) >= 11 is 15.9. The smallest absolute Gasteiger partial charge is 0.404 e. The molecule has 0 aliphatic heterocycles. The third kappa shape index (κ3) is 7.55. The molecule has 0 aliphatic rings. The number of ether oxygens (including phenoxy) is 2. The molecule has 3 aromatic carbocycles. The minimum Gasteiger partial charge on any atom is -0.490 e. The van der Waals surface area contributed by atoms with Crippen LogP contribution in [0.1, 0.15) is 28.2 Å². The number of amides is 1. The van der Waals surface area contributed by atoms with Gasteiger partial charge in [0.1, 0.15) is 19.0 Å². The van der Waals surface area contributed by atoms with E-state index in [4.69, 9.17) is 37.8 Å². The van der Waals surface area contributed by atoms with Gasteiger partial charge >= 0.3 is 6.09 Å². The van der Waals surface area contributed by atoms with E-state index in [9.17, 15) is 4.79 Å². The summed E-state index contributed by atoms with van der Waals surface area (Å²) < 4.78 is 12.5. The largest absolute Gasteiger partial charge is 0.490 e. The first-order valence-corrected chi connectivity index (χ1v) is 12.3. The number of rotatable bonds is 10. The lowest BCUT2D eigenvalue weighted by molar-refractivity contribution is 0.193. The highest BCUT2D eigenvalue weighted by Crippen LogP contribution is 2.34. The van der Waals surface area contributed by atoms with Crippen molar-refractivity contribution >= 4 is 45.2 Å². The molecule has 0 saturated heterocycles. The van der Waals surface area contributed by atoms with Gasteiger partial charge in [0.2, 0.25) is 0 Å². The second-order valence-corrected chi connectivity index (χ2v) is 9.72. The number of nitrogens with one attached hydrogen (secondary N) is 1. The second kappa shape index (κ2) is 12.3. The van der Waals surface area contributed by atoms with Crippen LogP contribution in [0.3, 0.4) is 0 Å². The van der Waals surface area contributed by atoms with Gasteiger partial charge < -0.3 is 19.9 Å². The van der Waals surface area contributed by atoms with E-state index in [1.165, 1.54) is 0 Å². The molecule has 2 N–H and O–H groups in total. The number of carboxylic acid groups (broad SMARTS) is 1. The van der Waals surface area contributed by atoms with Crippen molar-refractivity contribution < 1.29 is 19.4 Å². The molecule has 0 aromatic heterocycles. The summed E-state index contributed by atoms with van der Waals surface area (Å²) in [4.78, 5) is 11.1. The number of benzene rings is 3. The fraction of sp³-hybridized carbons (Fsp3) is 0.269. The molecule has 3 rings (SSSR count). The van der Waals surface area contributed by atoms with Crippen LogP contribution in [0, 0.1) is 13.8 Å². The summed E-state index contributed by atoms with van der Waals surface area (Å²) in [6.45, 7) is 4.92. The van der Waals surface area contributed by atoms with Gasteiger partial charge in [-0.3, -0.25) is 0 Å². The van der Waals surface area contributed by atoms with Crippen molar-refractivity contribution in [2.24, 2.45) is 0 Å². The Hall–Kier alpha value is -2.41. The third-order valence-electron chi connectivity index (χ3n) is 5.32. The van der Waals surface area contributed by atoms with Crippen LogP contribution < -0.4 is 14.8 Å². The molecule has 0 heterocycles. The number of hydrogen-bond donors (Lipinski definition) is 2. The Morgan fingerprint density at radius 3 is 2.26 bits per heavy atom. The molecular weight excluding hydrogens is 541 g/mol. The number of hydrogen-bond acceptors (Lipinski definition) is 3. The van der Waals surface area contributed by atoms with E-state index < -0.39 is 6.09 Å². The lowest BCUT2D eigenvalue weighted by Gasteiger charge is -2.20. The quantitative estimate of drug-likeness (QED) is 0.250. The van der Waals surface area contributed by atoms with Crippen molar-refractivity contribution in [1.82, 2.24) is 5.32 Å². The Balaban J connectivity index is 1.58.